The SMILES string of the molecule is O=C(O)COc1ccc(C#Cc2cc(CN(CC(=O)O)Cc3cc(C#Cc4ccc(N=C=S)cc4)cc(CN(CC(=O)O)Cc4cc(C#Cc5ccc(OCC(=O)O)cc5OCC(=O)O)cc(C(=O)O)n4)n3)nc(C(=O)O)c2)c(OCC(=O)O)c1. The number of rotatable bonds is 27. The molecule has 85 heavy (non-hydrogen) atoms. The number of carboxylic acids is 8. The minimum atomic E-state index is -1.47. The molecule has 0 spiro atoms. The summed E-state index contributed by atoms with van der Waals surface area (Å²) in [5.41, 5.74) is 1.20. The lowest BCUT2D eigenvalue weighted by Crippen LogP contribution is -2.31. The molecule has 0 bridgehead atoms. The van der Waals surface area contributed by atoms with Crippen LogP contribution in [0.3, 0.4) is 0 Å². The van der Waals surface area contributed by atoms with Gasteiger partial charge >= 0.3 is 47.8 Å². The molecular formula is C58H44N6O20S. The number of aliphatic imine (C=N–C) groups is 1. The Balaban J connectivity index is 1.36. The summed E-state index contributed by atoms with van der Waals surface area (Å²) in [4.78, 5) is 114. The van der Waals surface area contributed by atoms with Crippen LogP contribution in [0, 0.1) is 35.5 Å². The maximum Gasteiger partial charge on any atom is 0.354 e. The molecule has 0 saturated carbocycles. The number of aromatic carboxylic acids is 2. The summed E-state index contributed by atoms with van der Waals surface area (Å²) in [6.07, 6.45) is 0. The molecule has 0 atom stereocenters. The van der Waals surface area contributed by atoms with E-state index < -0.39 is 98.7 Å². The molecule has 8 N–H and O–H groups in total. The average Bonchev–Trinajstić information content (AvgIpc) is 3.55. The molecule has 0 aliphatic heterocycles. The quantitative estimate of drug-likeness (QED) is 0.0203. The van der Waals surface area contributed by atoms with Crippen LogP contribution in [0.1, 0.15) is 77.1 Å². The van der Waals surface area contributed by atoms with Crippen molar-refractivity contribution in [3.63, 3.8) is 0 Å². The molecule has 6 aromatic rings. The van der Waals surface area contributed by atoms with Crippen LogP contribution in [-0.4, -0.2) is 158 Å². The summed E-state index contributed by atoms with van der Waals surface area (Å²) in [7, 11) is 0. The van der Waals surface area contributed by atoms with Crippen molar-refractivity contribution in [3.8, 4) is 58.5 Å². The second-order valence-electron chi connectivity index (χ2n) is 17.5. The van der Waals surface area contributed by atoms with E-state index in [2.05, 4.69) is 55.6 Å². The number of aliphatic carboxylic acids is 6. The van der Waals surface area contributed by atoms with Crippen molar-refractivity contribution < 1.29 is 98.2 Å². The Kier molecular flexibility index (Phi) is 22.4. The van der Waals surface area contributed by atoms with Crippen molar-refractivity contribution in [3.05, 3.63) is 165 Å². The minimum Gasteiger partial charge on any atom is -0.482 e. The number of ether oxygens (including phenoxy) is 4. The van der Waals surface area contributed by atoms with Crippen LogP contribution in [0.2, 0.25) is 0 Å². The predicted octanol–water partition coefficient (Wildman–Crippen LogP) is 4.23. The second kappa shape index (κ2) is 30.3. The summed E-state index contributed by atoms with van der Waals surface area (Å²) in [6, 6.07) is 22.7. The van der Waals surface area contributed by atoms with Crippen molar-refractivity contribution >= 4 is 70.8 Å². The third-order valence-corrected chi connectivity index (χ3v) is 10.9. The van der Waals surface area contributed by atoms with E-state index in [1.54, 1.807) is 36.4 Å². The molecule has 0 aliphatic rings. The lowest BCUT2D eigenvalue weighted by Gasteiger charge is -2.22. The number of pyridine rings is 3. The average molecular weight is 1180 g/mol. The summed E-state index contributed by atoms with van der Waals surface area (Å²) < 4.78 is 21.1. The molecule has 3 aromatic heterocycles. The number of carbonyl (C=O) groups is 8. The smallest absolute Gasteiger partial charge is 0.354 e. The summed E-state index contributed by atoms with van der Waals surface area (Å²) in [6.45, 7) is -5.52. The third-order valence-electron chi connectivity index (χ3n) is 10.8. The first kappa shape index (κ1) is 62.7. The largest absolute Gasteiger partial charge is 0.482 e. The highest BCUT2D eigenvalue weighted by Crippen LogP contribution is 2.27. The maximum absolute atomic E-state index is 12.4. The number of thiocarbonyl (C=S) groups is 1. The second-order valence-corrected chi connectivity index (χ2v) is 17.7. The van der Waals surface area contributed by atoms with Gasteiger partial charge in [0, 0.05) is 60.6 Å². The molecule has 0 fully saturated rings. The van der Waals surface area contributed by atoms with Gasteiger partial charge in [0.2, 0.25) is 0 Å². The first-order valence-electron chi connectivity index (χ1n) is 24.3. The van der Waals surface area contributed by atoms with Crippen LogP contribution in [0.25, 0.3) is 0 Å². The normalized spacial score (nSPS) is 10.3. The Bertz CT molecular complexity index is 3640. The van der Waals surface area contributed by atoms with Crippen molar-refractivity contribution in [2.24, 2.45) is 4.99 Å². The van der Waals surface area contributed by atoms with E-state index in [1.165, 1.54) is 58.3 Å². The maximum atomic E-state index is 12.4. The number of benzene rings is 3. The van der Waals surface area contributed by atoms with Crippen molar-refractivity contribution in [1.82, 2.24) is 24.8 Å². The van der Waals surface area contributed by atoms with E-state index in [9.17, 15) is 69.0 Å². The zero-order valence-corrected chi connectivity index (χ0v) is 44.7. The molecule has 432 valence electrons. The van der Waals surface area contributed by atoms with E-state index in [0.29, 0.717) is 16.8 Å². The van der Waals surface area contributed by atoms with Gasteiger partial charge in [-0.15, -0.1) is 0 Å². The van der Waals surface area contributed by atoms with Gasteiger partial charge in [0.1, 0.15) is 34.4 Å². The first-order chi connectivity index (χ1) is 40.5. The number of isothiocyanates is 1. The van der Waals surface area contributed by atoms with E-state index in [4.69, 9.17) is 46.4 Å². The molecule has 27 heteroatoms. The fourth-order valence-corrected chi connectivity index (χ4v) is 7.62. The van der Waals surface area contributed by atoms with Gasteiger partial charge < -0.3 is 59.8 Å². The van der Waals surface area contributed by atoms with Crippen molar-refractivity contribution in [2.45, 2.75) is 26.2 Å². The number of nitrogens with zero attached hydrogens (tertiary/aromatic N) is 6. The van der Waals surface area contributed by atoms with Gasteiger partial charge in [-0.3, -0.25) is 24.4 Å². The number of hydrogen-bond donors (Lipinski definition) is 8. The Morgan fingerprint density at radius 1 is 0.412 bits per heavy atom. The van der Waals surface area contributed by atoms with Crippen molar-refractivity contribution in [1.29, 1.82) is 0 Å². The van der Waals surface area contributed by atoms with E-state index in [0.717, 1.165) is 12.1 Å². The monoisotopic (exact) mass is 1180 g/mol. The zero-order valence-electron chi connectivity index (χ0n) is 43.9. The standard InChI is InChI=1S/C58H44N6O20S/c65-51(66)27-63(25-43-17-36(19-47(61-43)57(77)78)3-7-38-9-13-45(81-29-53(69)70)21-49(38)83-31-55(73)74)23-41-15-35(2-1-34-5-11-40(12-6-34)59-33-85)16-42(60-41)24-64(28-52(67)68)26-44-18-37(20-48(62-44)58(79)80)4-8-39-10-14-46(82-30-54(71)72)22-50(39)84-32-56(75)76/h5-6,9-22H,23-32H2,(H,65,66)(H,67,68)(H,69,70)(H,71,72)(H,73,74)(H,75,76)(H,77,78)(H,79,80). The van der Waals surface area contributed by atoms with Gasteiger partial charge in [-0.2, -0.15) is 4.99 Å². The molecule has 6 rings (SSSR count). The van der Waals surface area contributed by atoms with Crippen LogP contribution < -0.4 is 18.9 Å². The molecule has 0 unspecified atom stereocenters. The Morgan fingerprint density at radius 2 is 0.765 bits per heavy atom. The van der Waals surface area contributed by atoms with Crippen LogP contribution >= 0.6 is 12.2 Å². The van der Waals surface area contributed by atoms with Crippen LogP contribution in [0.4, 0.5) is 5.69 Å². The van der Waals surface area contributed by atoms with E-state index in [1.807, 2.05) is 0 Å². The van der Waals surface area contributed by atoms with Crippen LogP contribution in [0.15, 0.2) is 102 Å². The lowest BCUT2D eigenvalue weighted by molar-refractivity contribution is -0.140. The molecule has 0 amide bonds. The Morgan fingerprint density at radius 3 is 1.13 bits per heavy atom. The Hall–Kier alpha value is -11.5. The van der Waals surface area contributed by atoms with Crippen LogP contribution in [-0.2, 0) is 54.9 Å². The molecule has 0 saturated heterocycles. The molecule has 3 aromatic carbocycles. The summed E-state index contributed by atoms with van der Waals surface area (Å²) in [5.74, 6) is 6.23. The van der Waals surface area contributed by atoms with E-state index >= 15 is 0 Å². The fourth-order valence-electron chi connectivity index (χ4n) is 7.51. The molecular weight excluding hydrogens is 1130 g/mol. The summed E-state index contributed by atoms with van der Waals surface area (Å²) >= 11 is 4.69. The fraction of sp³-hybridized carbons (Fsp3) is 0.172. The molecule has 0 aliphatic carbocycles. The topological polar surface area (TPSA) is 393 Å². The summed E-state index contributed by atoms with van der Waals surface area (Å²) in [5, 5.41) is 79.2. The highest BCUT2D eigenvalue weighted by Gasteiger charge is 2.20. The van der Waals surface area contributed by atoms with Gasteiger partial charge in [0.15, 0.2) is 26.4 Å². The van der Waals surface area contributed by atoms with Gasteiger partial charge in [-0.1, -0.05) is 35.5 Å². The molecule has 26 nitrogen and oxygen atoms in total. The molecule has 3 heterocycles. The number of carboxylic acid groups (broad SMARTS) is 8. The van der Waals surface area contributed by atoms with Crippen molar-refractivity contribution in [2.75, 3.05) is 39.5 Å². The number of hydrogen-bond acceptors (Lipinski definition) is 19. The highest BCUT2D eigenvalue weighted by molar-refractivity contribution is 7.78. The van der Waals surface area contributed by atoms with Gasteiger partial charge in [0.25, 0.3) is 0 Å². The predicted molar refractivity (Wildman–Crippen MR) is 295 cm³/mol. The molecule has 0 radical (unpaired) electrons. The van der Waals surface area contributed by atoms with Crippen LogP contribution in [0.5, 0.6) is 23.0 Å². The first-order valence-corrected chi connectivity index (χ1v) is 24.7. The number of aromatic nitrogens is 3. The lowest BCUT2D eigenvalue weighted by atomic mass is 10.1. The highest BCUT2D eigenvalue weighted by atomic mass is 32.1. The van der Waals surface area contributed by atoms with Gasteiger partial charge in [0.05, 0.1) is 57.8 Å². The minimum absolute atomic E-state index is 0.0180. The van der Waals surface area contributed by atoms with Gasteiger partial charge in [-0.05, 0) is 97.1 Å². The van der Waals surface area contributed by atoms with Gasteiger partial charge in [-0.25, -0.2) is 38.7 Å². The third kappa shape index (κ3) is 21.1. The Labute approximate surface area is 485 Å². The van der Waals surface area contributed by atoms with E-state index in [-0.39, 0.29) is 94.2 Å². The zero-order chi connectivity index (χ0) is 61.6.